The van der Waals surface area contributed by atoms with E-state index in [1.54, 1.807) is 17.0 Å². The Bertz CT molecular complexity index is 466. The number of hydrogen-bond donors (Lipinski definition) is 1. The van der Waals surface area contributed by atoms with E-state index < -0.39 is 0 Å². The summed E-state index contributed by atoms with van der Waals surface area (Å²) in [5, 5.41) is 0. The summed E-state index contributed by atoms with van der Waals surface area (Å²) in [6.45, 7) is 3.24. The lowest BCUT2D eigenvalue weighted by atomic mass is 9.81. The van der Waals surface area contributed by atoms with Crippen LogP contribution in [0.2, 0.25) is 0 Å². The Hall–Kier alpha value is -1.42. The van der Waals surface area contributed by atoms with Gasteiger partial charge in [0.2, 0.25) is 5.91 Å². The van der Waals surface area contributed by atoms with Gasteiger partial charge in [-0.25, -0.2) is 4.39 Å². The number of nitrogens with two attached hydrogens (primary N) is 1. The van der Waals surface area contributed by atoms with Crippen LogP contribution < -0.4 is 10.6 Å². The van der Waals surface area contributed by atoms with Gasteiger partial charge in [0.15, 0.2) is 0 Å². The number of nitrogens with zero attached hydrogens (tertiary/aromatic N) is 1. The summed E-state index contributed by atoms with van der Waals surface area (Å²) in [6.07, 6.45) is 5.78. The lowest BCUT2D eigenvalue weighted by Gasteiger charge is -2.34. The number of anilines is 1. The molecule has 0 unspecified atom stereocenters. The molecule has 116 valence electrons. The fourth-order valence-electron chi connectivity index (χ4n) is 3.28. The molecule has 1 aromatic carbocycles. The molecule has 1 aliphatic rings. The van der Waals surface area contributed by atoms with Crippen LogP contribution in [0.25, 0.3) is 0 Å². The minimum absolute atomic E-state index is 0.183. The normalized spacial score (nSPS) is 16.9. The van der Waals surface area contributed by atoms with E-state index in [-0.39, 0.29) is 17.1 Å². The molecule has 21 heavy (non-hydrogen) atoms. The second-order valence-corrected chi connectivity index (χ2v) is 5.92. The van der Waals surface area contributed by atoms with E-state index in [2.05, 4.69) is 6.92 Å². The van der Waals surface area contributed by atoms with E-state index >= 15 is 0 Å². The Labute approximate surface area is 126 Å². The summed E-state index contributed by atoms with van der Waals surface area (Å²) in [4.78, 5) is 14.9. The van der Waals surface area contributed by atoms with Crippen LogP contribution in [0.4, 0.5) is 10.1 Å². The summed E-state index contributed by atoms with van der Waals surface area (Å²) >= 11 is 0. The minimum Gasteiger partial charge on any atom is -0.330 e. The van der Waals surface area contributed by atoms with E-state index in [1.807, 2.05) is 0 Å². The summed E-state index contributed by atoms with van der Waals surface area (Å²) in [7, 11) is 0. The predicted octanol–water partition coefficient (Wildman–Crippen LogP) is 3.48. The van der Waals surface area contributed by atoms with Crippen LogP contribution >= 0.6 is 0 Å². The van der Waals surface area contributed by atoms with Crippen LogP contribution in [0, 0.1) is 11.2 Å². The van der Waals surface area contributed by atoms with Gasteiger partial charge in [0.25, 0.3) is 0 Å². The number of halogens is 1. The van der Waals surface area contributed by atoms with Crippen LogP contribution in [-0.2, 0) is 4.79 Å². The zero-order chi connectivity index (χ0) is 15.3. The minimum atomic E-state index is -0.281. The summed E-state index contributed by atoms with van der Waals surface area (Å²) < 4.78 is 13.1. The SMILES string of the molecule is CCC1(C(=O)N(CCCN)c2ccc(F)cc2)CCCC1. The van der Waals surface area contributed by atoms with E-state index in [0.29, 0.717) is 13.1 Å². The molecule has 4 heteroatoms. The van der Waals surface area contributed by atoms with Crippen LogP contribution in [0.5, 0.6) is 0 Å². The van der Waals surface area contributed by atoms with Crippen molar-refractivity contribution in [1.82, 2.24) is 0 Å². The first-order valence-corrected chi connectivity index (χ1v) is 7.90. The van der Waals surface area contributed by atoms with Gasteiger partial charge < -0.3 is 10.6 Å². The van der Waals surface area contributed by atoms with Crippen molar-refractivity contribution in [2.45, 2.75) is 45.4 Å². The number of carbonyl (C=O) groups is 1. The molecule has 0 bridgehead atoms. The molecule has 1 aliphatic carbocycles. The van der Waals surface area contributed by atoms with Crippen LogP contribution in [-0.4, -0.2) is 19.0 Å². The molecular weight excluding hydrogens is 267 g/mol. The average Bonchev–Trinajstić information content (AvgIpc) is 2.99. The first kappa shape index (κ1) is 16.0. The maximum Gasteiger partial charge on any atom is 0.233 e. The topological polar surface area (TPSA) is 46.3 Å². The fraction of sp³-hybridized carbons (Fsp3) is 0.588. The molecular formula is C17H25FN2O. The lowest BCUT2D eigenvalue weighted by molar-refractivity contribution is -0.128. The molecule has 2 rings (SSSR count). The van der Waals surface area contributed by atoms with E-state index in [1.165, 1.54) is 12.1 Å². The maximum absolute atomic E-state index is 13.1. The van der Waals surface area contributed by atoms with Gasteiger partial charge in [-0.3, -0.25) is 4.79 Å². The van der Waals surface area contributed by atoms with Gasteiger partial charge in [0, 0.05) is 17.6 Å². The van der Waals surface area contributed by atoms with Gasteiger partial charge in [0.1, 0.15) is 5.82 Å². The number of amides is 1. The molecule has 0 spiro atoms. The predicted molar refractivity (Wildman–Crippen MR) is 83.6 cm³/mol. The molecule has 0 heterocycles. The average molecular weight is 292 g/mol. The molecule has 1 amide bonds. The number of rotatable bonds is 6. The first-order valence-electron chi connectivity index (χ1n) is 7.90. The van der Waals surface area contributed by atoms with Crippen molar-refractivity contribution in [3.63, 3.8) is 0 Å². The van der Waals surface area contributed by atoms with Gasteiger partial charge in [-0.1, -0.05) is 19.8 Å². The highest BCUT2D eigenvalue weighted by atomic mass is 19.1. The summed E-state index contributed by atoms with van der Waals surface area (Å²) in [5.74, 6) is -0.0985. The van der Waals surface area contributed by atoms with E-state index in [0.717, 1.165) is 44.2 Å². The van der Waals surface area contributed by atoms with Gasteiger partial charge in [-0.05, 0) is 56.5 Å². The fourth-order valence-corrected chi connectivity index (χ4v) is 3.28. The van der Waals surface area contributed by atoms with Gasteiger partial charge in [-0.15, -0.1) is 0 Å². The van der Waals surface area contributed by atoms with E-state index in [4.69, 9.17) is 5.73 Å². The second-order valence-electron chi connectivity index (χ2n) is 5.92. The Morgan fingerprint density at radius 1 is 1.29 bits per heavy atom. The van der Waals surface area contributed by atoms with E-state index in [9.17, 15) is 9.18 Å². The third-order valence-corrected chi connectivity index (χ3v) is 4.66. The molecule has 1 saturated carbocycles. The highest BCUT2D eigenvalue weighted by molar-refractivity contribution is 5.97. The zero-order valence-corrected chi connectivity index (χ0v) is 12.8. The molecule has 0 aliphatic heterocycles. The number of hydrogen-bond acceptors (Lipinski definition) is 2. The molecule has 3 nitrogen and oxygen atoms in total. The standard InChI is InChI=1S/C17H25FN2O/c1-2-17(10-3-4-11-17)16(21)20(13-5-12-19)15-8-6-14(18)7-9-15/h6-9H,2-5,10-13,19H2,1H3. The van der Waals surface area contributed by atoms with Gasteiger partial charge in [-0.2, -0.15) is 0 Å². The van der Waals surface area contributed by atoms with Crippen molar-refractivity contribution in [2.75, 3.05) is 18.0 Å². The van der Waals surface area contributed by atoms with Crippen molar-refractivity contribution in [2.24, 2.45) is 11.1 Å². The zero-order valence-electron chi connectivity index (χ0n) is 12.8. The quantitative estimate of drug-likeness (QED) is 0.872. The Balaban J connectivity index is 2.26. The van der Waals surface area contributed by atoms with Crippen molar-refractivity contribution >= 4 is 11.6 Å². The van der Waals surface area contributed by atoms with Crippen LogP contribution in [0.15, 0.2) is 24.3 Å². The van der Waals surface area contributed by atoms with Gasteiger partial charge >= 0.3 is 0 Å². The van der Waals surface area contributed by atoms with Crippen LogP contribution in [0.1, 0.15) is 45.4 Å². The van der Waals surface area contributed by atoms with Crippen molar-refractivity contribution in [3.8, 4) is 0 Å². The van der Waals surface area contributed by atoms with Crippen molar-refractivity contribution in [3.05, 3.63) is 30.1 Å². The highest BCUT2D eigenvalue weighted by Crippen LogP contribution is 2.43. The second kappa shape index (κ2) is 7.03. The Morgan fingerprint density at radius 2 is 1.90 bits per heavy atom. The summed E-state index contributed by atoms with van der Waals surface area (Å²) in [5.41, 5.74) is 6.14. The van der Waals surface area contributed by atoms with Crippen molar-refractivity contribution in [1.29, 1.82) is 0 Å². The molecule has 1 aromatic rings. The Kier molecular flexibility index (Phi) is 5.34. The monoisotopic (exact) mass is 292 g/mol. The Morgan fingerprint density at radius 3 is 2.43 bits per heavy atom. The highest BCUT2D eigenvalue weighted by Gasteiger charge is 2.42. The summed E-state index contributed by atoms with van der Waals surface area (Å²) in [6, 6.07) is 6.18. The smallest absolute Gasteiger partial charge is 0.233 e. The maximum atomic E-state index is 13.1. The lowest BCUT2D eigenvalue weighted by Crippen LogP contribution is -2.43. The van der Waals surface area contributed by atoms with Crippen molar-refractivity contribution < 1.29 is 9.18 Å². The molecule has 0 radical (unpaired) electrons. The number of carbonyl (C=O) groups excluding carboxylic acids is 1. The van der Waals surface area contributed by atoms with Gasteiger partial charge in [0.05, 0.1) is 0 Å². The molecule has 0 aromatic heterocycles. The van der Waals surface area contributed by atoms with Crippen LogP contribution in [0.3, 0.4) is 0 Å². The third-order valence-electron chi connectivity index (χ3n) is 4.66. The number of benzene rings is 1. The molecule has 1 fully saturated rings. The molecule has 0 atom stereocenters. The molecule has 0 saturated heterocycles. The largest absolute Gasteiger partial charge is 0.330 e. The first-order chi connectivity index (χ1) is 10.1. The molecule has 2 N–H and O–H groups in total. The third kappa shape index (κ3) is 3.43.